The Balaban J connectivity index is 2.16. The fraction of sp³-hybridized carbons (Fsp3) is 0.235. The van der Waals surface area contributed by atoms with E-state index in [0.717, 1.165) is 10.0 Å². The van der Waals surface area contributed by atoms with Crippen molar-refractivity contribution >= 4 is 21.8 Å². The number of hydrogen-bond acceptors (Lipinski definition) is 3. The van der Waals surface area contributed by atoms with Crippen LogP contribution >= 0.6 is 15.9 Å². The summed E-state index contributed by atoms with van der Waals surface area (Å²) in [7, 11) is 1.32. The molecule has 128 valence electrons. The topological polar surface area (TPSA) is 47.6 Å². The van der Waals surface area contributed by atoms with Crippen LogP contribution in [0, 0.1) is 0 Å². The molecule has 0 spiro atoms. The molecule has 0 saturated heterocycles. The van der Waals surface area contributed by atoms with Crippen molar-refractivity contribution in [2.24, 2.45) is 0 Å². The highest BCUT2D eigenvalue weighted by molar-refractivity contribution is 9.10. The number of nitrogens with one attached hydrogen (secondary N) is 1. The Morgan fingerprint density at radius 1 is 1.17 bits per heavy atom. The predicted molar refractivity (Wildman–Crippen MR) is 89.6 cm³/mol. The van der Waals surface area contributed by atoms with Crippen LogP contribution in [0.1, 0.15) is 28.9 Å². The summed E-state index contributed by atoms with van der Waals surface area (Å²) in [5.41, 5.74) is 1.21. The van der Waals surface area contributed by atoms with Gasteiger partial charge in [0.1, 0.15) is 0 Å². The van der Waals surface area contributed by atoms with Crippen LogP contribution in [-0.2, 0) is 0 Å². The minimum Gasteiger partial charge on any atom is -0.493 e. The Hall–Kier alpha value is -2.15. The van der Waals surface area contributed by atoms with E-state index in [1.54, 1.807) is 0 Å². The van der Waals surface area contributed by atoms with Crippen LogP contribution in [0.2, 0.25) is 0 Å². The second-order valence-electron chi connectivity index (χ2n) is 4.96. The number of hydrogen-bond donors (Lipinski definition) is 1. The van der Waals surface area contributed by atoms with Crippen molar-refractivity contribution in [2.75, 3.05) is 7.11 Å². The summed E-state index contributed by atoms with van der Waals surface area (Å²) in [6.07, 6.45) is 0. The molecule has 1 atom stereocenters. The van der Waals surface area contributed by atoms with Gasteiger partial charge in [-0.05, 0) is 36.8 Å². The van der Waals surface area contributed by atoms with Gasteiger partial charge in [-0.1, -0.05) is 34.1 Å². The third-order valence-corrected chi connectivity index (χ3v) is 4.08. The Morgan fingerprint density at radius 3 is 2.50 bits per heavy atom. The molecule has 24 heavy (non-hydrogen) atoms. The first-order valence-electron chi connectivity index (χ1n) is 7.10. The number of benzene rings is 2. The number of halogens is 3. The van der Waals surface area contributed by atoms with Gasteiger partial charge in [-0.3, -0.25) is 4.79 Å². The second-order valence-corrected chi connectivity index (χ2v) is 5.82. The Labute approximate surface area is 146 Å². The van der Waals surface area contributed by atoms with Gasteiger partial charge in [-0.25, -0.2) is 0 Å². The summed E-state index contributed by atoms with van der Waals surface area (Å²) >= 11 is 3.44. The molecular formula is C17H16BrF2NO3. The number of ether oxygens (including phenoxy) is 2. The van der Waals surface area contributed by atoms with Crippen LogP contribution in [0.15, 0.2) is 46.9 Å². The van der Waals surface area contributed by atoms with E-state index < -0.39 is 6.61 Å². The maximum Gasteiger partial charge on any atom is 0.387 e. The molecule has 0 fully saturated rings. The van der Waals surface area contributed by atoms with Gasteiger partial charge in [0.2, 0.25) is 0 Å². The van der Waals surface area contributed by atoms with Gasteiger partial charge < -0.3 is 14.8 Å². The number of rotatable bonds is 6. The summed E-state index contributed by atoms with van der Waals surface area (Å²) in [4.78, 5) is 12.4. The lowest BCUT2D eigenvalue weighted by Crippen LogP contribution is -2.26. The van der Waals surface area contributed by atoms with E-state index >= 15 is 0 Å². The molecule has 0 aromatic heterocycles. The van der Waals surface area contributed by atoms with E-state index in [1.807, 2.05) is 31.2 Å². The normalized spacial score (nSPS) is 11.9. The maximum absolute atomic E-state index is 12.4. The standard InChI is InChI=1S/C17H16BrF2NO3/c1-10(12-5-3-4-6-13(12)18)21-16(22)11-7-8-14(24-17(19)20)15(9-11)23-2/h3-10,17H,1-2H3,(H,21,22)/t10-/m0/s1. The van der Waals surface area contributed by atoms with Crippen LogP contribution < -0.4 is 14.8 Å². The highest BCUT2D eigenvalue weighted by atomic mass is 79.9. The zero-order valence-electron chi connectivity index (χ0n) is 13.1. The van der Waals surface area contributed by atoms with Crippen LogP contribution in [0.3, 0.4) is 0 Å². The van der Waals surface area contributed by atoms with Gasteiger partial charge in [-0.15, -0.1) is 0 Å². The van der Waals surface area contributed by atoms with Crippen LogP contribution in [-0.4, -0.2) is 19.6 Å². The number of carbonyl (C=O) groups is 1. The monoisotopic (exact) mass is 399 g/mol. The Kier molecular flexibility index (Phi) is 6.14. The summed E-state index contributed by atoms with van der Waals surface area (Å²) in [6, 6.07) is 11.4. The van der Waals surface area contributed by atoms with Crippen LogP contribution in [0.25, 0.3) is 0 Å². The first kappa shape index (κ1) is 18.2. The summed E-state index contributed by atoms with van der Waals surface area (Å²) in [5.74, 6) is -0.403. The maximum atomic E-state index is 12.4. The number of methoxy groups -OCH3 is 1. The Bertz CT molecular complexity index is 725. The first-order chi connectivity index (χ1) is 11.4. The molecule has 0 bridgehead atoms. The summed E-state index contributed by atoms with van der Waals surface area (Å²) in [6.45, 7) is -1.11. The first-order valence-corrected chi connectivity index (χ1v) is 7.89. The molecule has 4 nitrogen and oxygen atoms in total. The smallest absolute Gasteiger partial charge is 0.387 e. The Morgan fingerprint density at radius 2 is 1.88 bits per heavy atom. The molecule has 1 amide bonds. The number of amides is 1. The van der Waals surface area contributed by atoms with Gasteiger partial charge in [-0.2, -0.15) is 8.78 Å². The third kappa shape index (κ3) is 4.44. The van der Waals surface area contributed by atoms with Crippen molar-refractivity contribution < 1.29 is 23.0 Å². The van der Waals surface area contributed by atoms with Gasteiger partial charge in [0, 0.05) is 10.0 Å². The highest BCUT2D eigenvalue weighted by Crippen LogP contribution is 2.30. The lowest BCUT2D eigenvalue weighted by molar-refractivity contribution is -0.0512. The SMILES string of the molecule is COc1cc(C(=O)N[C@@H](C)c2ccccc2Br)ccc1OC(F)F. The molecule has 2 rings (SSSR count). The molecule has 0 aliphatic carbocycles. The average Bonchev–Trinajstić information content (AvgIpc) is 2.54. The van der Waals surface area contributed by atoms with Crippen molar-refractivity contribution in [3.8, 4) is 11.5 Å². The number of alkyl halides is 2. The summed E-state index contributed by atoms with van der Waals surface area (Å²) < 4.78 is 34.9. The highest BCUT2D eigenvalue weighted by Gasteiger charge is 2.17. The summed E-state index contributed by atoms with van der Waals surface area (Å²) in [5, 5.41) is 2.85. The van der Waals surface area contributed by atoms with Gasteiger partial charge in [0.15, 0.2) is 11.5 Å². The molecule has 2 aromatic carbocycles. The van der Waals surface area contributed by atoms with Crippen molar-refractivity contribution in [1.82, 2.24) is 5.32 Å². The molecule has 0 aliphatic heterocycles. The molecule has 0 heterocycles. The van der Waals surface area contributed by atoms with Crippen molar-refractivity contribution in [3.63, 3.8) is 0 Å². The van der Waals surface area contributed by atoms with Crippen molar-refractivity contribution in [3.05, 3.63) is 58.1 Å². The van der Waals surface area contributed by atoms with Crippen molar-refractivity contribution in [1.29, 1.82) is 0 Å². The van der Waals surface area contributed by atoms with E-state index in [2.05, 4.69) is 26.0 Å². The van der Waals surface area contributed by atoms with E-state index in [9.17, 15) is 13.6 Å². The number of carbonyl (C=O) groups excluding carboxylic acids is 1. The van der Waals surface area contributed by atoms with Gasteiger partial charge >= 0.3 is 6.61 Å². The zero-order valence-corrected chi connectivity index (χ0v) is 14.6. The fourth-order valence-corrected chi connectivity index (χ4v) is 2.81. The molecule has 0 radical (unpaired) electrons. The lowest BCUT2D eigenvalue weighted by Gasteiger charge is -2.17. The molecule has 0 saturated carbocycles. The molecule has 0 aliphatic rings. The second kappa shape index (κ2) is 8.10. The van der Waals surface area contributed by atoms with E-state index in [-0.39, 0.29) is 29.0 Å². The predicted octanol–water partition coefficient (Wildman–Crippen LogP) is 4.55. The molecule has 7 heteroatoms. The zero-order chi connectivity index (χ0) is 17.7. The van der Waals surface area contributed by atoms with E-state index in [1.165, 1.54) is 25.3 Å². The average molecular weight is 400 g/mol. The quantitative estimate of drug-likeness (QED) is 0.774. The van der Waals surface area contributed by atoms with Gasteiger partial charge in [0.05, 0.1) is 13.2 Å². The van der Waals surface area contributed by atoms with Crippen LogP contribution in [0.5, 0.6) is 11.5 Å². The van der Waals surface area contributed by atoms with Gasteiger partial charge in [0.25, 0.3) is 5.91 Å². The van der Waals surface area contributed by atoms with Crippen molar-refractivity contribution in [2.45, 2.75) is 19.6 Å². The minimum absolute atomic E-state index is 0.0662. The molecule has 1 N–H and O–H groups in total. The molecule has 0 unspecified atom stereocenters. The molecular weight excluding hydrogens is 384 g/mol. The molecule has 2 aromatic rings. The largest absolute Gasteiger partial charge is 0.493 e. The lowest BCUT2D eigenvalue weighted by atomic mass is 10.1. The van der Waals surface area contributed by atoms with E-state index in [0.29, 0.717) is 0 Å². The third-order valence-electron chi connectivity index (χ3n) is 3.36. The van der Waals surface area contributed by atoms with E-state index in [4.69, 9.17) is 4.74 Å². The fourth-order valence-electron chi connectivity index (χ4n) is 2.19. The minimum atomic E-state index is -2.96. The van der Waals surface area contributed by atoms with Crippen LogP contribution in [0.4, 0.5) is 8.78 Å².